The maximum absolute atomic E-state index is 15.9. The third kappa shape index (κ3) is 8.61. The molecule has 1 aliphatic heterocycles. The molecule has 1 saturated heterocycles. The summed E-state index contributed by atoms with van der Waals surface area (Å²) in [6.45, 7) is 4.39. The fourth-order valence-corrected chi connectivity index (χ4v) is 6.93. The number of aliphatic imine (C=N–C) groups is 1. The summed E-state index contributed by atoms with van der Waals surface area (Å²) in [5, 5.41) is 0.516. The van der Waals surface area contributed by atoms with Gasteiger partial charge in [-0.2, -0.15) is 4.98 Å². The lowest BCUT2D eigenvalue weighted by molar-refractivity contribution is 0.0728. The first-order chi connectivity index (χ1) is 23.6. The smallest absolute Gasteiger partial charge is 0.354 e. The number of aryl methyl sites for hydroxylation is 1. The normalized spacial score (nSPS) is 17.9. The van der Waals surface area contributed by atoms with Crippen LogP contribution in [-0.4, -0.2) is 63.7 Å². The van der Waals surface area contributed by atoms with E-state index in [4.69, 9.17) is 28.8 Å². The molecule has 49 heavy (non-hydrogen) atoms. The minimum Gasteiger partial charge on any atom is -0.386 e. The van der Waals surface area contributed by atoms with E-state index < -0.39 is 24.0 Å². The van der Waals surface area contributed by atoms with E-state index >= 15 is 8.78 Å². The number of H-pyrrole nitrogens is 1. The van der Waals surface area contributed by atoms with Crippen molar-refractivity contribution in [2.24, 2.45) is 22.2 Å². The lowest BCUT2D eigenvalue weighted by Gasteiger charge is -2.42. The number of hydrogen-bond acceptors (Lipinski definition) is 6. The van der Waals surface area contributed by atoms with E-state index in [1.54, 1.807) is 42.6 Å². The lowest BCUT2D eigenvalue weighted by atomic mass is 9.88. The number of aromatic nitrogens is 3. The number of nitrogens with two attached hydrogens (primary N) is 3. The summed E-state index contributed by atoms with van der Waals surface area (Å²) in [6, 6.07) is 9.43. The summed E-state index contributed by atoms with van der Waals surface area (Å²) in [5.41, 5.74) is 19.2. The van der Waals surface area contributed by atoms with Gasteiger partial charge in [-0.3, -0.25) is 18.8 Å². The van der Waals surface area contributed by atoms with E-state index in [-0.39, 0.29) is 40.9 Å². The summed E-state index contributed by atoms with van der Waals surface area (Å²) >= 11 is 6.26. The van der Waals surface area contributed by atoms with Crippen molar-refractivity contribution in [3.8, 4) is 16.9 Å². The third-order valence-electron chi connectivity index (χ3n) is 9.23. The van der Waals surface area contributed by atoms with Crippen molar-refractivity contribution >= 4 is 28.5 Å². The second-order valence-electron chi connectivity index (χ2n) is 12.6. The Morgan fingerprint density at radius 2 is 2.02 bits per heavy atom. The highest BCUT2D eigenvalue weighted by Gasteiger charge is 2.32. The molecule has 0 aliphatic carbocycles. The Kier molecular flexibility index (Phi) is 12.3. The Labute approximate surface area is 289 Å². The molecule has 7 N–H and O–H groups in total. The minimum absolute atomic E-state index is 0.0142. The Morgan fingerprint density at radius 3 is 2.76 bits per heavy atom. The number of alkyl halides is 1. The Bertz CT molecular complexity index is 1860. The number of benzene rings is 2. The van der Waals surface area contributed by atoms with Gasteiger partial charge in [0.1, 0.15) is 17.3 Å². The van der Waals surface area contributed by atoms with Gasteiger partial charge in [-0.15, -0.1) is 6.58 Å². The minimum atomic E-state index is -0.626. The van der Waals surface area contributed by atoms with Gasteiger partial charge >= 0.3 is 5.69 Å². The molecule has 0 amide bonds. The van der Waals surface area contributed by atoms with Crippen LogP contribution < -0.4 is 22.9 Å². The molecule has 262 valence electrons. The van der Waals surface area contributed by atoms with Gasteiger partial charge in [-0.25, -0.2) is 13.6 Å². The highest BCUT2D eigenvalue weighted by atomic mass is 35.5. The summed E-state index contributed by atoms with van der Waals surface area (Å²) in [4.78, 5) is 26.9. The average molecular weight is 697 g/mol. The fourth-order valence-electron chi connectivity index (χ4n) is 6.69. The number of aromatic amines is 1. The van der Waals surface area contributed by atoms with E-state index in [0.717, 1.165) is 37.7 Å². The number of hydrogen-bond donors (Lipinski definition) is 4. The first-order valence-electron chi connectivity index (χ1n) is 16.7. The summed E-state index contributed by atoms with van der Waals surface area (Å²) < 4.78 is 45.7. The number of nitrogens with zero attached hydrogens (tertiary/aromatic N) is 4. The third-order valence-corrected chi connectivity index (χ3v) is 9.51. The molecule has 0 spiro atoms. The van der Waals surface area contributed by atoms with Crippen LogP contribution in [0.4, 0.5) is 13.2 Å². The zero-order chi connectivity index (χ0) is 35.1. The molecule has 2 aromatic carbocycles. The first kappa shape index (κ1) is 36.3. The zero-order valence-electron chi connectivity index (χ0n) is 27.5. The predicted molar refractivity (Wildman–Crippen MR) is 191 cm³/mol. The van der Waals surface area contributed by atoms with Crippen LogP contribution in [0.15, 0.2) is 65.0 Å². The summed E-state index contributed by atoms with van der Waals surface area (Å²) in [6.07, 6.45) is 8.93. The van der Waals surface area contributed by atoms with Gasteiger partial charge in [-0.1, -0.05) is 23.7 Å². The van der Waals surface area contributed by atoms with Crippen LogP contribution in [0.3, 0.4) is 0 Å². The van der Waals surface area contributed by atoms with E-state index in [1.807, 2.05) is 0 Å². The molecule has 5 rings (SSSR count). The number of piperidine rings is 1. The van der Waals surface area contributed by atoms with Gasteiger partial charge in [0.05, 0.1) is 29.6 Å². The van der Waals surface area contributed by atoms with Crippen molar-refractivity contribution in [3.05, 3.63) is 93.5 Å². The molecule has 9 nitrogen and oxygen atoms in total. The Balaban J connectivity index is 1.41. The van der Waals surface area contributed by atoms with E-state index in [1.165, 1.54) is 10.6 Å². The van der Waals surface area contributed by atoms with Crippen molar-refractivity contribution in [1.82, 2.24) is 19.4 Å². The monoisotopic (exact) mass is 696 g/mol. The lowest BCUT2D eigenvalue weighted by Crippen LogP contribution is -2.43. The van der Waals surface area contributed by atoms with Crippen LogP contribution >= 0.6 is 11.6 Å². The number of amidine groups is 1. The molecule has 1 aliphatic rings. The largest absolute Gasteiger partial charge is 0.386 e. The van der Waals surface area contributed by atoms with E-state index in [9.17, 15) is 9.18 Å². The van der Waals surface area contributed by atoms with Crippen LogP contribution in [0.25, 0.3) is 28.0 Å². The van der Waals surface area contributed by atoms with Crippen LogP contribution in [-0.2, 0) is 6.42 Å². The van der Waals surface area contributed by atoms with Crippen molar-refractivity contribution in [1.29, 1.82) is 0 Å². The van der Waals surface area contributed by atoms with Crippen molar-refractivity contribution in [2.45, 2.75) is 69.5 Å². The van der Waals surface area contributed by atoms with Gasteiger partial charge in [0, 0.05) is 53.9 Å². The molecular formula is C36H44ClF3N8O. The van der Waals surface area contributed by atoms with Gasteiger partial charge in [-0.05, 0) is 87.3 Å². The van der Waals surface area contributed by atoms with Crippen LogP contribution in [0, 0.1) is 11.6 Å². The van der Waals surface area contributed by atoms with Gasteiger partial charge < -0.3 is 22.2 Å². The second kappa shape index (κ2) is 16.6. The average Bonchev–Trinajstić information content (AvgIpc) is 3.50. The number of rotatable bonds is 15. The summed E-state index contributed by atoms with van der Waals surface area (Å²) in [5.74, 6) is -0.681. The number of halogens is 4. The maximum atomic E-state index is 15.9. The molecule has 2 aromatic heterocycles. The van der Waals surface area contributed by atoms with Crippen molar-refractivity contribution in [3.63, 3.8) is 0 Å². The van der Waals surface area contributed by atoms with E-state index in [0.29, 0.717) is 60.5 Å². The topological polar surface area (TPSA) is 144 Å². The fraction of sp³-hybridized carbons (Fsp3) is 0.417. The zero-order valence-corrected chi connectivity index (χ0v) is 28.2. The molecule has 0 radical (unpaired) electrons. The van der Waals surface area contributed by atoms with Crippen LogP contribution in [0.1, 0.15) is 62.1 Å². The highest BCUT2D eigenvalue weighted by Crippen LogP contribution is 2.37. The first-order valence-corrected chi connectivity index (χ1v) is 17.1. The molecule has 0 unspecified atom stereocenters. The van der Waals surface area contributed by atoms with Crippen LogP contribution in [0.5, 0.6) is 0 Å². The molecule has 4 aromatic rings. The van der Waals surface area contributed by atoms with Crippen molar-refractivity contribution in [2.75, 3.05) is 26.3 Å². The molecule has 1 fully saturated rings. The van der Waals surface area contributed by atoms with Gasteiger partial charge in [0.25, 0.3) is 0 Å². The standard InChI is InChI=1S/C36H44ClF3N8O/c1-2-24(42)7-3-6-22-16-28(34(40)29(37)17-22)31-18-23-21-48(36(49)46-35(23)45-31)26-10-11-27(30(39)19-26)32-9-4-8-25(47(32)15-5-13-38)12-14-44-33(43)20-41/h2,10-11,16-19,21,24-25,32H,1,3-9,12-15,20,41-42H2,(H2,43,44)(H,45,46,49)/t24-,25-,32-/m0/s1. The number of nitrogens with one attached hydrogen (secondary N) is 1. The SMILES string of the molecule is C=C[C@H](N)CCCc1cc(Cl)c(F)c(-c2cc3cn(-c4ccc([C@@H]5CCC[C@@H](CCN=C(N)CN)N5CCCF)c(F)c4)c(=O)nc3[nH]2)c1. The Morgan fingerprint density at radius 1 is 1.20 bits per heavy atom. The molecule has 0 bridgehead atoms. The van der Waals surface area contributed by atoms with Gasteiger partial charge in [0.2, 0.25) is 0 Å². The molecule has 13 heteroatoms. The van der Waals surface area contributed by atoms with E-state index in [2.05, 4.69) is 26.4 Å². The molecule has 3 heterocycles. The van der Waals surface area contributed by atoms with Crippen molar-refractivity contribution < 1.29 is 13.2 Å². The van der Waals surface area contributed by atoms with Crippen LogP contribution in [0.2, 0.25) is 5.02 Å². The molecule has 0 saturated carbocycles. The predicted octanol–water partition coefficient (Wildman–Crippen LogP) is 6.11. The van der Waals surface area contributed by atoms with Gasteiger partial charge in [0.15, 0.2) is 5.82 Å². The number of fused-ring (bicyclic) bond motifs is 1. The second-order valence-corrected chi connectivity index (χ2v) is 13.0. The number of likely N-dealkylation sites (tertiary alicyclic amines) is 1. The maximum Gasteiger partial charge on any atom is 0.354 e. The highest BCUT2D eigenvalue weighted by molar-refractivity contribution is 6.31. The molecule has 3 atom stereocenters. The molecular weight excluding hydrogens is 653 g/mol. The summed E-state index contributed by atoms with van der Waals surface area (Å²) in [7, 11) is 0. The quantitative estimate of drug-likeness (QED) is 0.0671. The Hall–Kier alpha value is -3.97.